The van der Waals surface area contributed by atoms with Crippen LogP contribution in [0.25, 0.3) is 6.08 Å². The van der Waals surface area contributed by atoms with E-state index in [1.54, 1.807) is 12.3 Å². The molecule has 1 aromatic heterocycles. The summed E-state index contributed by atoms with van der Waals surface area (Å²) in [5.74, 6) is 0. The minimum atomic E-state index is 0. The minimum Gasteiger partial charge on any atom is -0.257 e. The third-order valence-corrected chi connectivity index (χ3v) is 0.897. The molecule has 0 fully saturated rings. The third kappa shape index (κ3) is 2.06. The van der Waals surface area contributed by atoms with Crippen LogP contribution < -0.4 is 6.15 Å². The van der Waals surface area contributed by atoms with Crippen LogP contribution in [0.3, 0.4) is 0 Å². The number of hydrogen-bond donors (Lipinski definition) is 0. The second kappa shape index (κ2) is 3.80. The molecule has 0 spiro atoms. The van der Waals surface area contributed by atoms with E-state index in [1.165, 1.54) is 0 Å². The molecule has 0 bridgehead atoms. The maximum Gasteiger partial charge on any atom is 0.0623 e. The zero-order valence-corrected chi connectivity index (χ0v) is 4.99. The standard InChI is InChI=1S/C7H7N.N/c1-2-7-5-3-4-6-8-7;/h2-6H,1H2;. The van der Waals surface area contributed by atoms with Crippen LogP contribution in [0.5, 0.6) is 0 Å². The van der Waals surface area contributed by atoms with Gasteiger partial charge in [-0.05, 0) is 18.2 Å². The van der Waals surface area contributed by atoms with Gasteiger partial charge in [-0.2, -0.15) is 0 Å². The lowest BCUT2D eigenvalue weighted by atomic mass is 10.4. The molecule has 0 aromatic carbocycles. The fourth-order valence-corrected chi connectivity index (χ4v) is 0.497. The molecule has 0 aliphatic heterocycles. The van der Waals surface area contributed by atoms with Gasteiger partial charge in [-0.15, -0.1) is 0 Å². The Hall–Kier alpha value is -1.15. The Morgan fingerprint density at radius 1 is 1.44 bits per heavy atom. The van der Waals surface area contributed by atoms with Gasteiger partial charge in [-0.3, -0.25) is 4.98 Å². The lowest BCUT2D eigenvalue weighted by Crippen LogP contribution is -1.73. The van der Waals surface area contributed by atoms with Crippen LogP contribution in [0.15, 0.2) is 31.0 Å². The van der Waals surface area contributed by atoms with Gasteiger partial charge < -0.3 is 0 Å². The van der Waals surface area contributed by atoms with E-state index in [1.807, 2.05) is 18.2 Å². The number of nitrogens with zero attached hydrogens (tertiary/aromatic N) is 2. The van der Waals surface area contributed by atoms with Gasteiger partial charge in [0.05, 0.1) is 5.69 Å². The quantitative estimate of drug-likeness (QED) is 0.548. The van der Waals surface area contributed by atoms with Crippen LogP contribution in [-0.4, -0.2) is 4.98 Å². The summed E-state index contributed by atoms with van der Waals surface area (Å²) >= 11 is 0. The molecule has 0 aliphatic rings. The SMILES string of the molecule is C=Cc1ccccn1.[N]. The molecule has 1 heterocycles. The van der Waals surface area contributed by atoms with Crippen molar-refractivity contribution in [1.82, 2.24) is 11.1 Å². The molecule has 45 valence electrons. The first-order valence-corrected chi connectivity index (χ1v) is 2.47. The van der Waals surface area contributed by atoms with Crippen molar-refractivity contribution in [3.05, 3.63) is 36.7 Å². The summed E-state index contributed by atoms with van der Waals surface area (Å²) in [5, 5.41) is 0. The van der Waals surface area contributed by atoms with E-state index >= 15 is 0 Å². The highest BCUT2D eigenvalue weighted by molar-refractivity contribution is 5.40. The van der Waals surface area contributed by atoms with Crippen molar-refractivity contribution >= 4 is 6.08 Å². The monoisotopic (exact) mass is 119 g/mol. The van der Waals surface area contributed by atoms with Crippen LogP contribution in [-0.2, 0) is 0 Å². The first-order valence-electron chi connectivity index (χ1n) is 2.47. The van der Waals surface area contributed by atoms with Gasteiger partial charge in [0.1, 0.15) is 0 Å². The van der Waals surface area contributed by atoms with E-state index in [0.29, 0.717) is 0 Å². The lowest BCUT2D eigenvalue weighted by molar-refractivity contribution is 1.30. The molecule has 0 amide bonds. The maximum atomic E-state index is 3.98. The summed E-state index contributed by atoms with van der Waals surface area (Å²) in [6.45, 7) is 3.57. The fourth-order valence-electron chi connectivity index (χ4n) is 0.497. The minimum absolute atomic E-state index is 0. The summed E-state index contributed by atoms with van der Waals surface area (Å²) in [5.41, 5.74) is 0.924. The number of hydrogen-bond acceptors (Lipinski definition) is 1. The zero-order valence-electron chi connectivity index (χ0n) is 4.99. The average Bonchev–Trinajstić information content (AvgIpc) is 1.90. The van der Waals surface area contributed by atoms with Crippen LogP contribution in [0.1, 0.15) is 5.69 Å². The highest BCUT2D eigenvalue weighted by Gasteiger charge is 1.77. The zero-order chi connectivity index (χ0) is 5.82. The summed E-state index contributed by atoms with van der Waals surface area (Å²) in [7, 11) is 0. The Kier molecular flexibility index (Phi) is 3.32. The van der Waals surface area contributed by atoms with Gasteiger partial charge in [0.2, 0.25) is 0 Å². The Bertz CT molecular complexity index is 170. The molecule has 0 aliphatic carbocycles. The highest BCUT2D eigenvalue weighted by Crippen LogP contribution is 1.91. The molecule has 0 unspecified atom stereocenters. The maximum absolute atomic E-state index is 3.98. The predicted molar refractivity (Wildman–Crippen MR) is 36.5 cm³/mol. The lowest BCUT2D eigenvalue weighted by Gasteiger charge is -1.84. The van der Waals surface area contributed by atoms with Crippen molar-refractivity contribution in [2.45, 2.75) is 0 Å². The largest absolute Gasteiger partial charge is 0.257 e. The Morgan fingerprint density at radius 2 is 2.22 bits per heavy atom. The normalized spacial score (nSPS) is 7.56. The summed E-state index contributed by atoms with van der Waals surface area (Å²) in [6, 6.07) is 5.73. The Labute approximate surface area is 54.8 Å². The van der Waals surface area contributed by atoms with E-state index in [-0.39, 0.29) is 6.15 Å². The molecule has 0 saturated carbocycles. The molecule has 0 atom stereocenters. The average molecular weight is 119 g/mol. The van der Waals surface area contributed by atoms with E-state index < -0.39 is 0 Å². The summed E-state index contributed by atoms with van der Waals surface area (Å²) < 4.78 is 0. The molecule has 2 heteroatoms. The van der Waals surface area contributed by atoms with Gasteiger partial charge in [-0.1, -0.05) is 12.6 Å². The molecule has 2 nitrogen and oxygen atoms in total. The first kappa shape index (κ1) is 7.85. The molecule has 3 radical (unpaired) electrons. The molecule has 0 saturated heterocycles. The van der Waals surface area contributed by atoms with Crippen molar-refractivity contribution in [2.75, 3.05) is 0 Å². The smallest absolute Gasteiger partial charge is 0.0623 e. The van der Waals surface area contributed by atoms with Crippen molar-refractivity contribution < 1.29 is 0 Å². The Balaban J connectivity index is 0.000000640. The van der Waals surface area contributed by atoms with Gasteiger partial charge in [0.15, 0.2) is 0 Å². The summed E-state index contributed by atoms with van der Waals surface area (Å²) in [4.78, 5) is 3.98. The number of pyridine rings is 1. The topological polar surface area (TPSA) is 43.4 Å². The molecule has 0 N–H and O–H groups in total. The number of rotatable bonds is 1. The van der Waals surface area contributed by atoms with Crippen molar-refractivity contribution in [2.24, 2.45) is 0 Å². The Morgan fingerprint density at radius 3 is 2.56 bits per heavy atom. The van der Waals surface area contributed by atoms with E-state index in [2.05, 4.69) is 11.6 Å². The first-order chi connectivity index (χ1) is 3.93. The van der Waals surface area contributed by atoms with E-state index in [9.17, 15) is 0 Å². The molecule has 1 rings (SSSR count). The highest BCUT2D eigenvalue weighted by atomic mass is 14.6. The molecular formula is C7H7N2. The van der Waals surface area contributed by atoms with E-state index in [4.69, 9.17) is 0 Å². The summed E-state index contributed by atoms with van der Waals surface area (Å²) in [6.07, 6.45) is 3.47. The molecule has 9 heavy (non-hydrogen) atoms. The fraction of sp³-hybridized carbons (Fsp3) is 0. The van der Waals surface area contributed by atoms with Crippen molar-refractivity contribution in [3.63, 3.8) is 0 Å². The van der Waals surface area contributed by atoms with Gasteiger partial charge >= 0.3 is 0 Å². The second-order valence-corrected chi connectivity index (χ2v) is 1.46. The van der Waals surface area contributed by atoms with Crippen molar-refractivity contribution in [1.29, 1.82) is 0 Å². The van der Waals surface area contributed by atoms with Crippen molar-refractivity contribution in [3.8, 4) is 0 Å². The van der Waals surface area contributed by atoms with Gasteiger partial charge in [-0.25, -0.2) is 0 Å². The second-order valence-electron chi connectivity index (χ2n) is 1.46. The van der Waals surface area contributed by atoms with Crippen LogP contribution in [0, 0.1) is 0 Å². The predicted octanol–water partition coefficient (Wildman–Crippen LogP) is 1.24. The van der Waals surface area contributed by atoms with Crippen LogP contribution in [0.2, 0.25) is 0 Å². The number of aromatic nitrogens is 1. The van der Waals surface area contributed by atoms with Crippen LogP contribution in [0.4, 0.5) is 0 Å². The van der Waals surface area contributed by atoms with Gasteiger partial charge in [0.25, 0.3) is 0 Å². The van der Waals surface area contributed by atoms with Crippen LogP contribution >= 0.6 is 0 Å². The molecule has 1 aromatic rings. The third-order valence-electron chi connectivity index (χ3n) is 0.897. The van der Waals surface area contributed by atoms with Gasteiger partial charge in [0, 0.05) is 12.3 Å². The molecular weight excluding hydrogens is 112 g/mol. The van der Waals surface area contributed by atoms with E-state index in [0.717, 1.165) is 5.69 Å².